The third-order valence-electron chi connectivity index (χ3n) is 6.37. The van der Waals surface area contributed by atoms with Gasteiger partial charge >= 0.3 is 0 Å². The largest absolute Gasteiger partial charge is 0.338 e. The van der Waals surface area contributed by atoms with Gasteiger partial charge in [-0.25, -0.2) is 17.1 Å². The van der Waals surface area contributed by atoms with Crippen molar-refractivity contribution in [1.82, 2.24) is 19.5 Å². The van der Waals surface area contributed by atoms with Crippen molar-refractivity contribution in [2.75, 3.05) is 19.4 Å². The Balaban J connectivity index is 1.75. The van der Waals surface area contributed by atoms with E-state index >= 15 is 4.39 Å². The Bertz CT molecular complexity index is 1370. The van der Waals surface area contributed by atoms with E-state index in [1.807, 2.05) is 0 Å². The van der Waals surface area contributed by atoms with Gasteiger partial charge < -0.3 is 10.3 Å². The smallest absolute Gasteiger partial charge is 0.261 e. The Morgan fingerprint density at radius 2 is 2.03 bits per heavy atom. The summed E-state index contributed by atoms with van der Waals surface area (Å²) in [6.45, 7) is 0. The molecule has 33 heavy (non-hydrogen) atoms. The molecule has 0 spiro atoms. The summed E-state index contributed by atoms with van der Waals surface area (Å²) in [4.78, 5) is 15.5. The van der Waals surface area contributed by atoms with Gasteiger partial charge in [0.05, 0.1) is 16.5 Å². The van der Waals surface area contributed by atoms with Gasteiger partial charge in [-0.1, -0.05) is 12.8 Å². The first-order chi connectivity index (χ1) is 15.7. The number of aromatic nitrogens is 3. The summed E-state index contributed by atoms with van der Waals surface area (Å²) in [6, 6.07) is 8.19. The van der Waals surface area contributed by atoms with Crippen LogP contribution in [-0.4, -0.2) is 48.2 Å². The zero-order valence-corrected chi connectivity index (χ0v) is 19.2. The number of halogens is 1. The Morgan fingerprint density at radius 1 is 1.30 bits per heavy atom. The highest BCUT2D eigenvalue weighted by Crippen LogP contribution is 2.45. The number of rotatable bonds is 6. The number of nitriles is 1. The maximum atomic E-state index is 15.2. The number of pyridine rings is 1. The molecule has 0 saturated heterocycles. The summed E-state index contributed by atoms with van der Waals surface area (Å²) in [5.41, 5.74) is 0.0436. The lowest BCUT2D eigenvalue weighted by Gasteiger charge is -2.39. The molecule has 2 atom stereocenters. The van der Waals surface area contributed by atoms with E-state index in [1.165, 1.54) is 32.4 Å². The summed E-state index contributed by atoms with van der Waals surface area (Å²) >= 11 is 0. The number of alkyl halides is 1. The highest BCUT2D eigenvalue weighted by atomic mass is 32.2. The molecule has 0 amide bonds. The Hall–Kier alpha value is -3.23. The van der Waals surface area contributed by atoms with Crippen molar-refractivity contribution < 1.29 is 12.8 Å². The van der Waals surface area contributed by atoms with Crippen LogP contribution < -0.4 is 10.9 Å². The van der Waals surface area contributed by atoms with Crippen molar-refractivity contribution in [2.45, 2.75) is 48.6 Å². The van der Waals surface area contributed by atoms with Crippen molar-refractivity contribution in [1.29, 1.82) is 5.26 Å². The molecule has 0 aliphatic heterocycles. The van der Waals surface area contributed by atoms with Gasteiger partial charge in [-0.05, 0) is 37.1 Å². The van der Waals surface area contributed by atoms with Gasteiger partial charge in [0, 0.05) is 43.4 Å². The number of nitrogens with zero attached hydrogens (tertiary/aromatic N) is 3. The first-order valence-corrected chi connectivity index (χ1v) is 12.1. The molecule has 3 N–H and O–H groups in total. The van der Waals surface area contributed by atoms with Crippen LogP contribution in [0.15, 0.2) is 40.2 Å². The molecule has 2 unspecified atom stereocenters. The molecule has 0 radical (unpaired) electrons. The zero-order chi connectivity index (χ0) is 23.8. The lowest BCUT2D eigenvalue weighted by Crippen LogP contribution is -2.40. The molecule has 3 aromatic rings. The first-order valence-electron chi connectivity index (χ1n) is 10.6. The van der Waals surface area contributed by atoms with Gasteiger partial charge in [0.1, 0.15) is 11.6 Å². The molecule has 2 aromatic heterocycles. The molecule has 9 nitrogen and oxygen atoms in total. The SMILES string of the molecule is CN(C)S(=O)(=O)c1ccc(Nc2n[nH]c3c(C4(CC#N)CCCCC4F)c[nH]c(=O)c23)cc1. The van der Waals surface area contributed by atoms with E-state index in [2.05, 4.69) is 26.6 Å². The van der Waals surface area contributed by atoms with Gasteiger partial charge in [0.2, 0.25) is 10.0 Å². The van der Waals surface area contributed by atoms with Crippen LogP contribution in [0.4, 0.5) is 15.9 Å². The number of hydrogen-bond donors (Lipinski definition) is 3. The molecule has 174 valence electrons. The van der Waals surface area contributed by atoms with E-state index in [1.54, 1.807) is 12.1 Å². The minimum atomic E-state index is -3.57. The molecule has 1 fully saturated rings. The molecule has 1 aromatic carbocycles. The van der Waals surface area contributed by atoms with E-state index in [-0.39, 0.29) is 22.5 Å². The quantitative estimate of drug-likeness (QED) is 0.504. The maximum absolute atomic E-state index is 15.2. The minimum absolute atomic E-state index is 0.00109. The van der Waals surface area contributed by atoms with Crippen molar-refractivity contribution in [2.24, 2.45) is 0 Å². The summed E-state index contributed by atoms with van der Waals surface area (Å²) in [6.07, 6.45) is 2.71. The van der Waals surface area contributed by atoms with Crippen LogP contribution in [0, 0.1) is 11.3 Å². The highest BCUT2D eigenvalue weighted by Gasteiger charge is 2.44. The number of nitrogens with one attached hydrogen (secondary N) is 3. The van der Waals surface area contributed by atoms with Crippen LogP contribution in [0.5, 0.6) is 0 Å². The first kappa shape index (κ1) is 22.9. The van der Waals surface area contributed by atoms with E-state index in [9.17, 15) is 18.5 Å². The average Bonchev–Trinajstić information content (AvgIpc) is 3.20. The fourth-order valence-electron chi connectivity index (χ4n) is 4.52. The van der Waals surface area contributed by atoms with E-state index < -0.39 is 27.2 Å². The van der Waals surface area contributed by atoms with Gasteiger partial charge in [0.25, 0.3) is 5.56 Å². The van der Waals surface area contributed by atoms with Crippen LogP contribution in [0.25, 0.3) is 10.9 Å². The summed E-state index contributed by atoms with van der Waals surface area (Å²) in [5.74, 6) is 0.231. The van der Waals surface area contributed by atoms with Crippen molar-refractivity contribution in [3.8, 4) is 6.07 Å². The number of hydrogen-bond acceptors (Lipinski definition) is 6. The standard InChI is InChI=1S/C22H25FN6O3S/c1-29(2)33(31,32)15-8-6-14(7-9-15)26-20-18-19(27-28-20)16(13-25-21(18)30)22(11-12-24)10-4-3-5-17(22)23/h6-9,13,17H,3-5,10-11H2,1-2H3,(H,25,30)(H2,26,27,28). The summed E-state index contributed by atoms with van der Waals surface area (Å²) in [5, 5.41) is 19.8. The van der Waals surface area contributed by atoms with Crippen molar-refractivity contribution in [3.05, 3.63) is 46.4 Å². The number of benzene rings is 1. The number of H-pyrrole nitrogens is 2. The van der Waals surface area contributed by atoms with Crippen LogP contribution in [0.3, 0.4) is 0 Å². The molecule has 2 heterocycles. The molecule has 1 aliphatic rings. The second-order valence-electron chi connectivity index (χ2n) is 8.49. The fraction of sp³-hybridized carbons (Fsp3) is 0.409. The molecule has 4 rings (SSSR count). The normalized spacial score (nSPS) is 21.2. The van der Waals surface area contributed by atoms with E-state index in [4.69, 9.17) is 0 Å². The van der Waals surface area contributed by atoms with Crippen LogP contribution in [-0.2, 0) is 15.4 Å². The summed E-state index contributed by atoms with van der Waals surface area (Å²) < 4.78 is 40.9. The monoisotopic (exact) mass is 472 g/mol. The number of fused-ring (bicyclic) bond motifs is 1. The summed E-state index contributed by atoms with van der Waals surface area (Å²) in [7, 11) is -0.660. The van der Waals surface area contributed by atoms with Crippen molar-refractivity contribution in [3.63, 3.8) is 0 Å². The highest BCUT2D eigenvalue weighted by molar-refractivity contribution is 7.89. The topological polar surface area (TPSA) is 135 Å². The number of sulfonamides is 1. The second kappa shape index (κ2) is 8.61. The zero-order valence-electron chi connectivity index (χ0n) is 18.4. The predicted molar refractivity (Wildman–Crippen MR) is 123 cm³/mol. The van der Waals surface area contributed by atoms with E-state index in [0.717, 1.165) is 17.1 Å². The lowest BCUT2D eigenvalue weighted by molar-refractivity contribution is 0.129. The fourth-order valence-corrected chi connectivity index (χ4v) is 5.42. The van der Waals surface area contributed by atoms with Gasteiger partial charge in [0.15, 0.2) is 5.82 Å². The molecular formula is C22H25FN6O3S. The van der Waals surface area contributed by atoms with Crippen LogP contribution in [0.1, 0.15) is 37.7 Å². The average molecular weight is 473 g/mol. The maximum Gasteiger partial charge on any atom is 0.261 e. The van der Waals surface area contributed by atoms with Crippen LogP contribution in [0.2, 0.25) is 0 Å². The molecule has 0 bridgehead atoms. The van der Waals surface area contributed by atoms with Crippen LogP contribution >= 0.6 is 0 Å². The molecule has 1 aliphatic carbocycles. The second-order valence-corrected chi connectivity index (χ2v) is 10.6. The van der Waals surface area contributed by atoms with Gasteiger partial charge in [-0.15, -0.1) is 0 Å². The van der Waals surface area contributed by atoms with Gasteiger partial charge in [-0.2, -0.15) is 10.4 Å². The molecular weight excluding hydrogens is 447 g/mol. The van der Waals surface area contributed by atoms with E-state index in [0.29, 0.717) is 29.6 Å². The van der Waals surface area contributed by atoms with Crippen molar-refractivity contribution >= 4 is 32.4 Å². The third kappa shape index (κ3) is 3.89. The Labute approximate surface area is 190 Å². The lowest BCUT2D eigenvalue weighted by atomic mass is 9.66. The Morgan fingerprint density at radius 3 is 2.67 bits per heavy atom. The molecule has 1 saturated carbocycles. The minimum Gasteiger partial charge on any atom is -0.338 e. The number of aromatic amines is 2. The third-order valence-corrected chi connectivity index (χ3v) is 8.20. The number of anilines is 2. The predicted octanol–water partition coefficient (Wildman–Crippen LogP) is 3.31. The van der Waals surface area contributed by atoms with Gasteiger partial charge in [-0.3, -0.25) is 9.89 Å². The Kier molecular flexibility index (Phi) is 5.99. The molecule has 11 heteroatoms.